The van der Waals surface area contributed by atoms with Crippen LogP contribution in [-0.2, 0) is 9.84 Å². The molecule has 0 saturated carbocycles. The summed E-state index contributed by atoms with van der Waals surface area (Å²) in [4.78, 5) is 24.1. The lowest BCUT2D eigenvalue weighted by Gasteiger charge is -2.05. The third-order valence-corrected chi connectivity index (χ3v) is 4.68. The molecule has 0 bridgehead atoms. The molecule has 0 aliphatic rings. The summed E-state index contributed by atoms with van der Waals surface area (Å²) < 4.78 is 22.7. The number of carbonyl (C=O) groups is 1. The second-order valence-corrected chi connectivity index (χ2v) is 7.00. The van der Waals surface area contributed by atoms with E-state index in [2.05, 4.69) is 20.3 Å². The van der Waals surface area contributed by atoms with E-state index in [-0.39, 0.29) is 23.6 Å². The summed E-state index contributed by atoms with van der Waals surface area (Å²) >= 11 is 0. The van der Waals surface area contributed by atoms with Crippen LogP contribution in [0.3, 0.4) is 0 Å². The predicted molar refractivity (Wildman–Crippen MR) is 81.9 cm³/mol. The first kappa shape index (κ1) is 16.0. The molecule has 2 aromatic heterocycles. The molecule has 116 valence electrons. The highest BCUT2D eigenvalue weighted by Crippen LogP contribution is 2.11. The van der Waals surface area contributed by atoms with E-state index in [1.165, 1.54) is 12.4 Å². The third-order valence-electron chi connectivity index (χ3n) is 2.97. The molecule has 0 fully saturated rings. The Bertz CT molecular complexity index is 730. The molecule has 2 heterocycles. The van der Waals surface area contributed by atoms with Crippen molar-refractivity contribution >= 4 is 15.7 Å². The van der Waals surface area contributed by atoms with Crippen molar-refractivity contribution in [3.63, 3.8) is 0 Å². The SMILES string of the molecule is CCS(=O)(=O)CCNC(=O)c1cnc(-c2cccnc2)nc1. The highest BCUT2D eigenvalue weighted by molar-refractivity contribution is 7.91. The Morgan fingerprint density at radius 2 is 1.95 bits per heavy atom. The van der Waals surface area contributed by atoms with Gasteiger partial charge in [0.25, 0.3) is 5.91 Å². The van der Waals surface area contributed by atoms with Gasteiger partial charge in [-0.3, -0.25) is 9.78 Å². The van der Waals surface area contributed by atoms with Crippen LogP contribution in [0, 0.1) is 0 Å². The molecule has 1 N–H and O–H groups in total. The van der Waals surface area contributed by atoms with Gasteiger partial charge < -0.3 is 5.32 Å². The number of amides is 1. The Balaban J connectivity index is 1.97. The van der Waals surface area contributed by atoms with Gasteiger partial charge in [-0.1, -0.05) is 6.92 Å². The average Bonchev–Trinajstić information content (AvgIpc) is 2.55. The van der Waals surface area contributed by atoms with E-state index in [4.69, 9.17) is 0 Å². The lowest BCUT2D eigenvalue weighted by molar-refractivity contribution is 0.0955. The van der Waals surface area contributed by atoms with Crippen LogP contribution in [0.2, 0.25) is 0 Å². The average molecular weight is 320 g/mol. The molecular weight excluding hydrogens is 304 g/mol. The standard InChI is InChI=1S/C14H16N4O3S/c1-2-22(20,21)7-6-16-14(19)12-9-17-13(18-10-12)11-4-3-5-15-8-11/h3-5,8-10H,2,6-7H2,1H3,(H,16,19). The topological polar surface area (TPSA) is 102 Å². The lowest BCUT2D eigenvalue weighted by atomic mass is 10.2. The van der Waals surface area contributed by atoms with Gasteiger partial charge in [-0.15, -0.1) is 0 Å². The van der Waals surface area contributed by atoms with E-state index < -0.39 is 15.7 Å². The monoisotopic (exact) mass is 320 g/mol. The fourth-order valence-electron chi connectivity index (χ4n) is 1.66. The summed E-state index contributed by atoms with van der Waals surface area (Å²) in [6.07, 6.45) is 6.08. The van der Waals surface area contributed by atoms with Gasteiger partial charge >= 0.3 is 0 Å². The second-order valence-electron chi connectivity index (χ2n) is 4.53. The van der Waals surface area contributed by atoms with Crippen molar-refractivity contribution in [2.45, 2.75) is 6.92 Å². The normalized spacial score (nSPS) is 11.1. The van der Waals surface area contributed by atoms with Crippen LogP contribution in [0.1, 0.15) is 17.3 Å². The Labute approximate surface area is 128 Å². The van der Waals surface area contributed by atoms with Gasteiger partial charge in [0, 0.05) is 42.6 Å². The van der Waals surface area contributed by atoms with Gasteiger partial charge in [0.05, 0.1) is 11.3 Å². The number of pyridine rings is 1. The summed E-state index contributed by atoms with van der Waals surface area (Å²) in [7, 11) is -3.09. The summed E-state index contributed by atoms with van der Waals surface area (Å²) in [6.45, 7) is 1.64. The number of hydrogen-bond donors (Lipinski definition) is 1. The van der Waals surface area contributed by atoms with Crippen molar-refractivity contribution in [3.8, 4) is 11.4 Å². The fraction of sp³-hybridized carbons (Fsp3) is 0.286. The van der Waals surface area contributed by atoms with Crippen molar-refractivity contribution in [3.05, 3.63) is 42.5 Å². The number of nitrogens with zero attached hydrogens (tertiary/aromatic N) is 3. The quantitative estimate of drug-likeness (QED) is 0.840. The van der Waals surface area contributed by atoms with E-state index in [9.17, 15) is 13.2 Å². The lowest BCUT2D eigenvalue weighted by Crippen LogP contribution is -2.29. The number of aromatic nitrogens is 3. The molecule has 2 aromatic rings. The summed E-state index contributed by atoms with van der Waals surface area (Å²) in [5, 5.41) is 2.54. The number of nitrogens with one attached hydrogen (secondary N) is 1. The van der Waals surface area contributed by atoms with Crippen molar-refractivity contribution in [1.82, 2.24) is 20.3 Å². The Kier molecular flexibility index (Phi) is 5.16. The fourth-order valence-corrected chi connectivity index (χ4v) is 2.36. The maximum Gasteiger partial charge on any atom is 0.254 e. The van der Waals surface area contributed by atoms with Crippen LogP contribution in [0.25, 0.3) is 11.4 Å². The first-order valence-corrected chi connectivity index (χ1v) is 8.55. The molecule has 0 atom stereocenters. The maximum absolute atomic E-state index is 11.9. The molecule has 0 aromatic carbocycles. The summed E-state index contributed by atoms with van der Waals surface area (Å²) in [6, 6.07) is 3.59. The first-order chi connectivity index (χ1) is 10.5. The number of carbonyl (C=O) groups excluding carboxylic acids is 1. The van der Waals surface area contributed by atoms with Crippen molar-refractivity contribution in [2.24, 2.45) is 0 Å². The van der Waals surface area contributed by atoms with Crippen LogP contribution in [-0.4, -0.2) is 47.3 Å². The first-order valence-electron chi connectivity index (χ1n) is 6.73. The van der Waals surface area contributed by atoms with Gasteiger partial charge in [0.2, 0.25) is 0 Å². The molecule has 0 aliphatic heterocycles. The molecule has 1 amide bonds. The number of rotatable bonds is 6. The smallest absolute Gasteiger partial charge is 0.254 e. The van der Waals surface area contributed by atoms with Crippen molar-refractivity contribution in [1.29, 1.82) is 0 Å². The Morgan fingerprint density at radius 1 is 1.23 bits per heavy atom. The van der Waals surface area contributed by atoms with E-state index in [0.717, 1.165) is 5.56 Å². The van der Waals surface area contributed by atoms with Crippen LogP contribution in [0.15, 0.2) is 36.9 Å². The minimum Gasteiger partial charge on any atom is -0.351 e. The largest absolute Gasteiger partial charge is 0.351 e. The Morgan fingerprint density at radius 3 is 2.55 bits per heavy atom. The van der Waals surface area contributed by atoms with E-state index in [0.29, 0.717) is 5.82 Å². The van der Waals surface area contributed by atoms with E-state index >= 15 is 0 Å². The zero-order valence-corrected chi connectivity index (χ0v) is 12.9. The van der Waals surface area contributed by atoms with Crippen LogP contribution < -0.4 is 5.32 Å². The molecule has 22 heavy (non-hydrogen) atoms. The highest BCUT2D eigenvalue weighted by Gasteiger charge is 2.11. The highest BCUT2D eigenvalue weighted by atomic mass is 32.2. The summed E-state index contributed by atoms with van der Waals surface area (Å²) in [5.74, 6) is 0.0533. The van der Waals surface area contributed by atoms with Gasteiger partial charge in [-0.05, 0) is 12.1 Å². The number of sulfone groups is 1. The van der Waals surface area contributed by atoms with Crippen LogP contribution in [0.5, 0.6) is 0 Å². The second kappa shape index (κ2) is 7.08. The predicted octanol–water partition coefficient (Wildman–Crippen LogP) is 0.703. The van der Waals surface area contributed by atoms with E-state index in [1.54, 1.807) is 25.4 Å². The van der Waals surface area contributed by atoms with Crippen molar-refractivity contribution in [2.75, 3.05) is 18.1 Å². The molecule has 8 heteroatoms. The molecule has 0 aliphatic carbocycles. The van der Waals surface area contributed by atoms with Gasteiger partial charge in [0.15, 0.2) is 15.7 Å². The molecule has 7 nitrogen and oxygen atoms in total. The van der Waals surface area contributed by atoms with Crippen LogP contribution >= 0.6 is 0 Å². The van der Waals surface area contributed by atoms with Gasteiger partial charge in [-0.2, -0.15) is 0 Å². The molecule has 0 radical (unpaired) electrons. The maximum atomic E-state index is 11.9. The van der Waals surface area contributed by atoms with Gasteiger partial charge in [-0.25, -0.2) is 18.4 Å². The zero-order valence-electron chi connectivity index (χ0n) is 12.1. The van der Waals surface area contributed by atoms with E-state index in [1.807, 2.05) is 6.07 Å². The minimum atomic E-state index is -3.09. The van der Waals surface area contributed by atoms with Crippen LogP contribution in [0.4, 0.5) is 0 Å². The molecule has 2 rings (SSSR count). The Hall–Kier alpha value is -2.35. The molecule has 0 spiro atoms. The molecule has 0 unspecified atom stereocenters. The molecule has 0 saturated heterocycles. The minimum absolute atomic E-state index is 0.0613. The zero-order chi connectivity index (χ0) is 16.0. The molecular formula is C14H16N4O3S. The number of hydrogen-bond acceptors (Lipinski definition) is 6. The van der Waals surface area contributed by atoms with Crippen molar-refractivity contribution < 1.29 is 13.2 Å². The third kappa shape index (κ3) is 4.32. The summed E-state index contributed by atoms with van der Waals surface area (Å²) in [5.41, 5.74) is 1.03. The van der Waals surface area contributed by atoms with Gasteiger partial charge in [0.1, 0.15) is 0 Å².